The standard InChI is InChI=1S/C30H28N4O4S2/c1-36-22-11-7-19(8-12-22)27-28(20-9-13-23(37-2)14-10-20)34-30(33-27)39-16-15-26(35)32-29-31-25(18-40-29)21-5-4-6-24(17-21)38-3/h4-14,17-18H,15-16H2,1-3H3,(H,33,34)(H,31,32,35). The van der Waals surface area contributed by atoms with Crippen LogP contribution in [0.15, 0.2) is 83.3 Å². The Hall–Kier alpha value is -4.28. The van der Waals surface area contributed by atoms with E-state index < -0.39 is 0 Å². The lowest BCUT2D eigenvalue weighted by atomic mass is 10.0. The van der Waals surface area contributed by atoms with Gasteiger partial charge in [0.2, 0.25) is 5.91 Å². The highest BCUT2D eigenvalue weighted by Gasteiger charge is 2.16. The van der Waals surface area contributed by atoms with Crippen LogP contribution in [0, 0.1) is 0 Å². The zero-order valence-electron chi connectivity index (χ0n) is 22.3. The minimum absolute atomic E-state index is 0.101. The highest BCUT2D eigenvalue weighted by molar-refractivity contribution is 7.99. The average Bonchev–Trinajstić information content (AvgIpc) is 3.65. The third-order valence-corrected chi connectivity index (χ3v) is 7.74. The van der Waals surface area contributed by atoms with Gasteiger partial charge in [-0.15, -0.1) is 11.3 Å². The molecule has 0 radical (unpaired) electrons. The largest absolute Gasteiger partial charge is 0.497 e. The van der Waals surface area contributed by atoms with E-state index in [1.54, 1.807) is 21.3 Å². The number of thiazole rings is 1. The molecule has 5 rings (SSSR count). The van der Waals surface area contributed by atoms with Gasteiger partial charge >= 0.3 is 0 Å². The predicted molar refractivity (Wildman–Crippen MR) is 161 cm³/mol. The van der Waals surface area contributed by atoms with Crippen molar-refractivity contribution in [3.63, 3.8) is 0 Å². The summed E-state index contributed by atoms with van der Waals surface area (Å²) in [5.41, 5.74) is 5.40. The molecule has 0 atom stereocenters. The number of amides is 1. The molecule has 5 aromatic rings. The first-order valence-corrected chi connectivity index (χ1v) is 14.3. The number of carbonyl (C=O) groups is 1. The first kappa shape index (κ1) is 27.3. The van der Waals surface area contributed by atoms with E-state index in [-0.39, 0.29) is 5.91 Å². The Morgan fingerprint density at radius 3 is 2.20 bits per heavy atom. The fourth-order valence-corrected chi connectivity index (χ4v) is 5.56. The third kappa shape index (κ3) is 6.47. The quantitative estimate of drug-likeness (QED) is 0.164. The van der Waals surface area contributed by atoms with Crippen molar-refractivity contribution in [2.45, 2.75) is 11.6 Å². The van der Waals surface area contributed by atoms with E-state index in [1.807, 2.05) is 78.2 Å². The maximum absolute atomic E-state index is 12.7. The topological polar surface area (TPSA) is 98.4 Å². The molecule has 8 nitrogen and oxygen atoms in total. The van der Waals surface area contributed by atoms with Crippen molar-refractivity contribution < 1.29 is 19.0 Å². The fourth-order valence-electron chi connectivity index (χ4n) is 4.01. The number of carbonyl (C=O) groups excluding carboxylic acids is 1. The van der Waals surface area contributed by atoms with Gasteiger partial charge in [0.05, 0.1) is 38.4 Å². The van der Waals surface area contributed by atoms with Crippen LogP contribution in [0.25, 0.3) is 33.8 Å². The molecule has 40 heavy (non-hydrogen) atoms. The summed E-state index contributed by atoms with van der Waals surface area (Å²) in [6.45, 7) is 0. The molecule has 0 fully saturated rings. The Labute approximate surface area is 240 Å². The number of ether oxygens (including phenoxy) is 3. The van der Waals surface area contributed by atoms with Crippen molar-refractivity contribution >= 4 is 34.1 Å². The average molecular weight is 573 g/mol. The minimum Gasteiger partial charge on any atom is -0.497 e. The normalized spacial score (nSPS) is 10.8. The number of H-pyrrole nitrogens is 1. The van der Waals surface area contributed by atoms with Crippen molar-refractivity contribution in [1.29, 1.82) is 0 Å². The number of aromatic nitrogens is 3. The van der Waals surface area contributed by atoms with Crippen LogP contribution in [0.4, 0.5) is 5.13 Å². The fraction of sp³-hybridized carbons (Fsp3) is 0.167. The summed E-state index contributed by atoms with van der Waals surface area (Å²) >= 11 is 2.89. The molecule has 3 aromatic carbocycles. The van der Waals surface area contributed by atoms with Gasteiger partial charge in [-0.1, -0.05) is 23.9 Å². The van der Waals surface area contributed by atoms with Crippen LogP contribution in [0.3, 0.4) is 0 Å². The molecule has 0 saturated heterocycles. The monoisotopic (exact) mass is 572 g/mol. The van der Waals surface area contributed by atoms with Gasteiger partial charge in [-0.05, 0) is 60.7 Å². The molecule has 0 bridgehead atoms. The number of anilines is 1. The molecule has 2 N–H and O–H groups in total. The number of imidazole rings is 1. The Balaban J connectivity index is 1.25. The van der Waals surface area contributed by atoms with Gasteiger partial charge in [0, 0.05) is 34.2 Å². The molecule has 2 heterocycles. The second-order valence-electron chi connectivity index (χ2n) is 8.64. The SMILES string of the molecule is COc1ccc(-c2nc(SCCC(=O)Nc3nc(-c4cccc(OC)c4)cs3)[nH]c2-c2ccc(OC)cc2)cc1. The first-order chi connectivity index (χ1) is 19.6. The number of aromatic amines is 1. The zero-order chi connectivity index (χ0) is 27.9. The summed E-state index contributed by atoms with van der Waals surface area (Å²) in [5.74, 6) is 2.78. The lowest BCUT2D eigenvalue weighted by Crippen LogP contribution is -2.12. The van der Waals surface area contributed by atoms with Crippen LogP contribution in [0.1, 0.15) is 6.42 Å². The maximum atomic E-state index is 12.7. The van der Waals surface area contributed by atoms with E-state index in [9.17, 15) is 4.79 Å². The van der Waals surface area contributed by atoms with E-state index in [0.717, 1.165) is 56.2 Å². The van der Waals surface area contributed by atoms with Crippen molar-refractivity contribution in [1.82, 2.24) is 15.0 Å². The third-order valence-electron chi connectivity index (χ3n) is 6.11. The summed E-state index contributed by atoms with van der Waals surface area (Å²) in [6.07, 6.45) is 0.315. The van der Waals surface area contributed by atoms with Crippen LogP contribution in [0.5, 0.6) is 17.2 Å². The summed E-state index contributed by atoms with van der Waals surface area (Å²) in [4.78, 5) is 25.5. The number of rotatable bonds is 11. The molecule has 0 spiro atoms. The molecule has 0 aliphatic carbocycles. The molecule has 2 aromatic heterocycles. The zero-order valence-corrected chi connectivity index (χ0v) is 23.9. The Kier molecular flexibility index (Phi) is 8.68. The molecule has 0 unspecified atom stereocenters. The summed E-state index contributed by atoms with van der Waals surface area (Å²) in [5, 5.41) is 6.13. The summed E-state index contributed by atoms with van der Waals surface area (Å²) in [7, 11) is 4.92. The Morgan fingerprint density at radius 2 is 1.52 bits per heavy atom. The van der Waals surface area contributed by atoms with Gasteiger partial charge in [0.15, 0.2) is 10.3 Å². The van der Waals surface area contributed by atoms with Crippen LogP contribution >= 0.6 is 23.1 Å². The van der Waals surface area contributed by atoms with Gasteiger partial charge in [0.1, 0.15) is 17.2 Å². The molecule has 0 saturated carbocycles. The maximum Gasteiger partial charge on any atom is 0.226 e. The number of benzene rings is 3. The Bertz CT molecular complexity index is 1520. The van der Waals surface area contributed by atoms with Gasteiger partial charge < -0.3 is 24.5 Å². The lowest BCUT2D eigenvalue weighted by molar-refractivity contribution is -0.115. The minimum atomic E-state index is -0.101. The van der Waals surface area contributed by atoms with E-state index in [0.29, 0.717) is 17.3 Å². The van der Waals surface area contributed by atoms with Crippen LogP contribution in [-0.2, 0) is 4.79 Å². The Morgan fingerprint density at radius 1 is 0.850 bits per heavy atom. The second kappa shape index (κ2) is 12.7. The van der Waals surface area contributed by atoms with Crippen molar-refractivity contribution in [3.8, 4) is 51.0 Å². The van der Waals surface area contributed by atoms with E-state index >= 15 is 0 Å². The highest BCUT2D eigenvalue weighted by Crippen LogP contribution is 2.34. The van der Waals surface area contributed by atoms with Crippen molar-refractivity contribution in [3.05, 3.63) is 78.2 Å². The van der Waals surface area contributed by atoms with Gasteiger partial charge in [0.25, 0.3) is 0 Å². The number of methoxy groups -OCH3 is 3. The van der Waals surface area contributed by atoms with Gasteiger partial charge in [-0.2, -0.15) is 0 Å². The number of nitrogens with zero attached hydrogens (tertiary/aromatic N) is 2. The molecule has 1 amide bonds. The number of hydrogen-bond acceptors (Lipinski definition) is 8. The molecular formula is C30H28N4O4S2. The lowest BCUT2D eigenvalue weighted by Gasteiger charge is -2.06. The molecular weight excluding hydrogens is 544 g/mol. The first-order valence-electron chi connectivity index (χ1n) is 12.5. The summed E-state index contributed by atoms with van der Waals surface area (Å²) < 4.78 is 15.9. The van der Waals surface area contributed by atoms with E-state index in [1.165, 1.54) is 23.1 Å². The smallest absolute Gasteiger partial charge is 0.226 e. The van der Waals surface area contributed by atoms with Gasteiger partial charge in [-0.3, -0.25) is 4.79 Å². The number of nitrogens with one attached hydrogen (secondary N) is 2. The highest BCUT2D eigenvalue weighted by atomic mass is 32.2. The van der Waals surface area contributed by atoms with Crippen molar-refractivity contribution in [2.24, 2.45) is 0 Å². The predicted octanol–water partition coefficient (Wildman–Crippen LogP) is 7.01. The number of hydrogen-bond donors (Lipinski definition) is 2. The van der Waals surface area contributed by atoms with Crippen LogP contribution in [-0.4, -0.2) is 47.9 Å². The summed E-state index contributed by atoms with van der Waals surface area (Å²) in [6, 6.07) is 23.3. The molecule has 10 heteroatoms. The molecule has 0 aliphatic heterocycles. The molecule has 204 valence electrons. The van der Waals surface area contributed by atoms with Crippen LogP contribution in [0.2, 0.25) is 0 Å². The van der Waals surface area contributed by atoms with E-state index in [4.69, 9.17) is 19.2 Å². The van der Waals surface area contributed by atoms with Gasteiger partial charge in [-0.25, -0.2) is 9.97 Å². The van der Waals surface area contributed by atoms with Crippen molar-refractivity contribution in [2.75, 3.05) is 32.4 Å². The van der Waals surface area contributed by atoms with E-state index in [2.05, 4.69) is 15.3 Å². The number of thioether (sulfide) groups is 1. The second-order valence-corrected chi connectivity index (χ2v) is 10.6. The van der Waals surface area contributed by atoms with Crippen LogP contribution < -0.4 is 19.5 Å². The molecule has 0 aliphatic rings.